The lowest BCUT2D eigenvalue weighted by Crippen LogP contribution is -2.20. The summed E-state index contributed by atoms with van der Waals surface area (Å²) in [5, 5.41) is 3.36. The van der Waals surface area contributed by atoms with E-state index < -0.39 is 11.6 Å². The molecule has 0 aromatic heterocycles. The first-order chi connectivity index (χ1) is 10.1. The molecule has 1 atom stereocenters. The van der Waals surface area contributed by atoms with Crippen molar-refractivity contribution in [1.29, 1.82) is 0 Å². The minimum atomic E-state index is -0.819. The Kier molecular flexibility index (Phi) is 5.28. The normalized spacial score (nSPS) is 12.2. The Labute approximate surface area is 123 Å². The third-order valence-electron chi connectivity index (χ3n) is 3.46. The Morgan fingerprint density at radius 2 is 1.76 bits per heavy atom. The van der Waals surface area contributed by atoms with Gasteiger partial charge in [0.2, 0.25) is 0 Å². The van der Waals surface area contributed by atoms with Crippen molar-refractivity contribution in [2.45, 2.75) is 25.9 Å². The van der Waals surface area contributed by atoms with Gasteiger partial charge in [0.1, 0.15) is 5.75 Å². The zero-order valence-electron chi connectivity index (χ0n) is 12.2. The van der Waals surface area contributed by atoms with E-state index in [9.17, 15) is 8.78 Å². The van der Waals surface area contributed by atoms with Gasteiger partial charge in [-0.2, -0.15) is 0 Å². The van der Waals surface area contributed by atoms with Gasteiger partial charge in [-0.05, 0) is 41.8 Å². The van der Waals surface area contributed by atoms with E-state index >= 15 is 0 Å². The molecule has 0 amide bonds. The second-order valence-electron chi connectivity index (χ2n) is 4.86. The fourth-order valence-corrected chi connectivity index (χ4v) is 2.22. The molecular weight excluding hydrogens is 272 g/mol. The maximum atomic E-state index is 13.2. The van der Waals surface area contributed by atoms with Crippen LogP contribution in [0.5, 0.6) is 5.75 Å². The Morgan fingerprint density at radius 3 is 2.33 bits per heavy atom. The first-order valence-electron chi connectivity index (χ1n) is 6.95. The van der Waals surface area contributed by atoms with Crippen LogP contribution in [0.3, 0.4) is 0 Å². The molecule has 112 valence electrons. The summed E-state index contributed by atoms with van der Waals surface area (Å²) < 4.78 is 31.2. The van der Waals surface area contributed by atoms with E-state index in [4.69, 9.17) is 4.74 Å². The van der Waals surface area contributed by atoms with Gasteiger partial charge in [-0.25, -0.2) is 8.78 Å². The maximum Gasteiger partial charge on any atom is 0.159 e. The van der Waals surface area contributed by atoms with Gasteiger partial charge in [-0.1, -0.05) is 25.1 Å². The van der Waals surface area contributed by atoms with Crippen LogP contribution >= 0.6 is 0 Å². The summed E-state index contributed by atoms with van der Waals surface area (Å²) in [5.41, 5.74) is 1.86. The van der Waals surface area contributed by atoms with Crippen molar-refractivity contribution in [2.24, 2.45) is 0 Å². The van der Waals surface area contributed by atoms with Crippen LogP contribution in [-0.4, -0.2) is 7.11 Å². The molecule has 0 aliphatic carbocycles. The maximum absolute atomic E-state index is 13.2. The fourth-order valence-electron chi connectivity index (χ4n) is 2.22. The topological polar surface area (TPSA) is 21.3 Å². The van der Waals surface area contributed by atoms with Gasteiger partial charge in [0.05, 0.1) is 7.11 Å². The van der Waals surface area contributed by atoms with Crippen LogP contribution in [-0.2, 0) is 6.54 Å². The Hall–Kier alpha value is -1.94. The largest absolute Gasteiger partial charge is 0.497 e. The molecule has 1 N–H and O–H groups in total. The van der Waals surface area contributed by atoms with Crippen LogP contribution in [0.15, 0.2) is 42.5 Å². The van der Waals surface area contributed by atoms with E-state index in [1.807, 2.05) is 24.3 Å². The molecular formula is C17H19F2NO. The molecule has 0 aliphatic rings. The Balaban J connectivity index is 2.02. The quantitative estimate of drug-likeness (QED) is 0.860. The van der Waals surface area contributed by atoms with Crippen molar-refractivity contribution >= 4 is 0 Å². The van der Waals surface area contributed by atoms with Crippen molar-refractivity contribution in [3.63, 3.8) is 0 Å². The van der Waals surface area contributed by atoms with Crippen molar-refractivity contribution in [2.75, 3.05) is 7.11 Å². The summed E-state index contributed by atoms with van der Waals surface area (Å²) in [6, 6.07) is 12.0. The molecule has 21 heavy (non-hydrogen) atoms. The predicted octanol–water partition coefficient (Wildman–Crippen LogP) is 4.21. The number of ether oxygens (including phenoxy) is 1. The molecule has 2 aromatic rings. The first-order valence-corrected chi connectivity index (χ1v) is 6.95. The average Bonchev–Trinajstić information content (AvgIpc) is 2.52. The number of nitrogens with one attached hydrogen (secondary N) is 1. The Bertz CT molecular complexity index is 584. The third-order valence-corrected chi connectivity index (χ3v) is 3.46. The van der Waals surface area contributed by atoms with Crippen LogP contribution in [0.1, 0.15) is 30.5 Å². The monoisotopic (exact) mass is 291 g/mol. The molecule has 4 heteroatoms. The lowest BCUT2D eigenvalue weighted by Gasteiger charge is -2.18. The molecule has 0 aliphatic heterocycles. The highest BCUT2D eigenvalue weighted by Crippen LogP contribution is 2.20. The zero-order valence-corrected chi connectivity index (χ0v) is 12.2. The molecule has 0 spiro atoms. The molecule has 0 fully saturated rings. The SMILES string of the molecule is CCC(NCc1ccc(F)c(F)c1)c1ccc(OC)cc1. The number of hydrogen-bond acceptors (Lipinski definition) is 2. The van der Waals surface area contributed by atoms with Crippen molar-refractivity contribution < 1.29 is 13.5 Å². The van der Waals surface area contributed by atoms with Crippen LogP contribution in [0.25, 0.3) is 0 Å². The molecule has 2 aromatic carbocycles. The van der Waals surface area contributed by atoms with Crippen LogP contribution in [0, 0.1) is 11.6 Å². The van der Waals surface area contributed by atoms with Gasteiger partial charge in [-0.15, -0.1) is 0 Å². The van der Waals surface area contributed by atoms with Gasteiger partial charge < -0.3 is 10.1 Å². The second kappa shape index (κ2) is 7.18. The number of halogens is 2. The highest BCUT2D eigenvalue weighted by molar-refractivity contribution is 5.29. The molecule has 0 heterocycles. The van der Waals surface area contributed by atoms with E-state index in [1.54, 1.807) is 13.2 Å². The summed E-state index contributed by atoms with van der Waals surface area (Å²) in [6.07, 6.45) is 0.899. The number of methoxy groups -OCH3 is 1. The zero-order chi connectivity index (χ0) is 15.2. The molecule has 0 saturated carbocycles. The summed E-state index contributed by atoms with van der Waals surface area (Å²) in [7, 11) is 1.63. The summed E-state index contributed by atoms with van der Waals surface area (Å²) >= 11 is 0. The molecule has 0 radical (unpaired) electrons. The van der Waals surface area contributed by atoms with Crippen LogP contribution < -0.4 is 10.1 Å². The first kappa shape index (κ1) is 15.4. The van der Waals surface area contributed by atoms with Gasteiger partial charge in [0.25, 0.3) is 0 Å². The number of benzene rings is 2. The smallest absolute Gasteiger partial charge is 0.159 e. The molecule has 2 rings (SSSR count). The highest BCUT2D eigenvalue weighted by atomic mass is 19.2. The predicted molar refractivity (Wildman–Crippen MR) is 79.2 cm³/mol. The average molecular weight is 291 g/mol. The van der Waals surface area contributed by atoms with Crippen molar-refractivity contribution in [3.05, 3.63) is 65.2 Å². The van der Waals surface area contributed by atoms with Gasteiger partial charge in [-0.3, -0.25) is 0 Å². The Morgan fingerprint density at radius 1 is 1.05 bits per heavy atom. The lowest BCUT2D eigenvalue weighted by atomic mass is 10.0. The molecule has 0 bridgehead atoms. The number of hydrogen-bond donors (Lipinski definition) is 1. The fraction of sp³-hybridized carbons (Fsp3) is 0.294. The van der Waals surface area contributed by atoms with E-state index in [-0.39, 0.29) is 6.04 Å². The highest BCUT2D eigenvalue weighted by Gasteiger charge is 2.10. The van der Waals surface area contributed by atoms with E-state index in [1.165, 1.54) is 6.07 Å². The van der Waals surface area contributed by atoms with Crippen molar-refractivity contribution in [3.8, 4) is 5.75 Å². The van der Waals surface area contributed by atoms with Crippen molar-refractivity contribution in [1.82, 2.24) is 5.32 Å². The summed E-state index contributed by atoms with van der Waals surface area (Å²) in [5.74, 6) is -0.818. The molecule has 1 unspecified atom stereocenters. The third kappa shape index (κ3) is 4.02. The van der Waals surface area contributed by atoms with E-state index in [0.29, 0.717) is 6.54 Å². The van der Waals surface area contributed by atoms with Gasteiger partial charge in [0.15, 0.2) is 11.6 Å². The summed E-state index contributed by atoms with van der Waals surface area (Å²) in [6.45, 7) is 2.56. The van der Waals surface area contributed by atoms with Gasteiger partial charge >= 0.3 is 0 Å². The standard InChI is InChI=1S/C17H19F2NO/c1-3-17(13-5-7-14(21-2)8-6-13)20-11-12-4-9-15(18)16(19)10-12/h4-10,17,20H,3,11H2,1-2H3. The lowest BCUT2D eigenvalue weighted by molar-refractivity contribution is 0.414. The van der Waals surface area contributed by atoms with Crippen LogP contribution in [0.2, 0.25) is 0 Å². The van der Waals surface area contributed by atoms with Gasteiger partial charge in [0, 0.05) is 12.6 Å². The minimum absolute atomic E-state index is 0.157. The molecule has 0 saturated heterocycles. The minimum Gasteiger partial charge on any atom is -0.497 e. The van der Waals surface area contributed by atoms with E-state index in [0.717, 1.165) is 29.4 Å². The van der Waals surface area contributed by atoms with Crippen LogP contribution in [0.4, 0.5) is 8.78 Å². The van der Waals surface area contributed by atoms with E-state index in [2.05, 4.69) is 12.2 Å². The second-order valence-corrected chi connectivity index (χ2v) is 4.86. The molecule has 2 nitrogen and oxygen atoms in total. The number of rotatable bonds is 6. The summed E-state index contributed by atoms with van der Waals surface area (Å²) in [4.78, 5) is 0.